The van der Waals surface area contributed by atoms with E-state index in [2.05, 4.69) is 5.16 Å². The predicted octanol–water partition coefficient (Wildman–Crippen LogP) is 4.96. The highest BCUT2D eigenvalue weighted by atomic mass is 19.4. The number of rotatable bonds is 1. The molecular weight excluding hydrogens is 349 g/mol. The lowest BCUT2D eigenvalue weighted by atomic mass is 9.91. The predicted molar refractivity (Wildman–Crippen MR) is 88.8 cm³/mol. The summed E-state index contributed by atoms with van der Waals surface area (Å²) < 4.78 is 49.4. The highest BCUT2D eigenvalue weighted by Gasteiger charge is 2.33. The van der Waals surface area contributed by atoms with E-state index in [-0.39, 0.29) is 12.0 Å². The summed E-state index contributed by atoms with van der Waals surface area (Å²) in [7, 11) is 0. The van der Waals surface area contributed by atoms with Crippen LogP contribution in [-0.4, -0.2) is 34.8 Å². The van der Waals surface area contributed by atoms with E-state index in [1.54, 1.807) is 25.7 Å². The zero-order valence-corrected chi connectivity index (χ0v) is 14.9. The summed E-state index contributed by atoms with van der Waals surface area (Å²) in [5.74, 6) is -0.0570. The number of benzene rings is 1. The fraction of sp³-hybridized carbons (Fsp3) is 0.556. The lowest BCUT2D eigenvalue weighted by Gasteiger charge is -2.32. The van der Waals surface area contributed by atoms with Crippen LogP contribution in [0, 0.1) is 0 Å². The fourth-order valence-electron chi connectivity index (χ4n) is 3.09. The Balaban J connectivity index is 1.74. The van der Waals surface area contributed by atoms with Gasteiger partial charge in [-0.25, -0.2) is 4.79 Å². The number of amides is 1. The molecule has 0 spiro atoms. The zero-order valence-electron chi connectivity index (χ0n) is 14.9. The summed E-state index contributed by atoms with van der Waals surface area (Å²) in [4.78, 5) is 13.7. The molecule has 142 valence electrons. The van der Waals surface area contributed by atoms with Gasteiger partial charge < -0.3 is 14.2 Å². The molecule has 1 amide bonds. The normalized spacial score (nSPS) is 16.9. The Morgan fingerprint density at radius 2 is 1.88 bits per heavy atom. The van der Waals surface area contributed by atoms with Crippen molar-refractivity contribution in [2.75, 3.05) is 13.1 Å². The van der Waals surface area contributed by atoms with Crippen molar-refractivity contribution >= 4 is 17.1 Å². The Morgan fingerprint density at radius 3 is 2.46 bits per heavy atom. The molecule has 1 aromatic heterocycles. The number of halogens is 3. The van der Waals surface area contributed by atoms with Crippen molar-refractivity contribution in [3.8, 4) is 0 Å². The van der Waals surface area contributed by atoms with Gasteiger partial charge in [0.15, 0.2) is 5.58 Å². The minimum absolute atomic E-state index is 0.0570. The molecule has 26 heavy (non-hydrogen) atoms. The molecule has 0 atom stereocenters. The second kappa shape index (κ2) is 6.48. The van der Waals surface area contributed by atoms with Crippen molar-refractivity contribution in [3.63, 3.8) is 0 Å². The number of nitrogens with zero attached hydrogens (tertiary/aromatic N) is 2. The van der Waals surface area contributed by atoms with Crippen molar-refractivity contribution in [3.05, 3.63) is 29.5 Å². The Bertz CT molecular complexity index is 800. The molecule has 3 rings (SSSR count). The molecular formula is C18H21F3N2O3. The van der Waals surface area contributed by atoms with Gasteiger partial charge >= 0.3 is 12.3 Å². The third-order valence-corrected chi connectivity index (χ3v) is 4.36. The maximum Gasteiger partial charge on any atom is 0.416 e. The first-order valence-corrected chi connectivity index (χ1v) is 8.49. The van der Waals surface area contributed by atoms with Crippen LogP contribution in [0.3, 0.4) is 0 Å². The largest absolute Gasteiger partial charge is 0.444 e. The molecule has 2 aromatic rings. The van der Waals surface area contributed by atoms with Gasteiger partial charge in [0.25, 0.3) is 0 Å². The summed E-state index contributed by atoms with van der Waals surface area (Å²) in [6, 6.07) is 3.37. The zero-order chi connectivity index (χ0) is 19.1. The van der Waals surface area contributed by atoms with Crippen LogP contribution in [0.15, 0.2) is 22.7 Å². The van der Waals surface area contributed by atoms with E-state index in [9.17, 15) is 18.0 Å². The van der Waals surface area contributed by atoms with Crippen LogP contribution in [0.25, 0.3) is 11.0 Å². The van der Waals surface area contributed by atoms with Gasteiger partial charge in [0.05, 0.1) is 11.3 Å². The van der Waals surface area contributed by atoms with Gasteiger partial charge in [0, 0.05) is 24.4 Å². The number of fused-ring (bicyclic) bond motifs is 1. The Morgan fingerprint density at radius 1 is 1.23 bits per heavy atom. The molecule has 0 radical (unpaired) electrons. The molecule has 5 nitrogen and oxygen atoms in total. The topological polar surface area (TPSA) is 55.6 Å². The van der Waals surface area contributed by atoms with E-state index < -0.39 is 17.3 Å². The molecule has 8 heteroatoms. The number of carbonyl (C=O) groups excluding carboxylic acids is 1. The van der Waals surface area contributed by atoms with Crippen LogP contribution in [0.5, 0.6) is 0 Å². The minimum atomic E-state index is -4.41. The monoisotopic (exact) mass is 370 g/mol. The molecule has 1 fully saturated rings. The standard InChI is InChI=1S/C18H21F3N2O3/c1-17(2,3)25-16(24)23-8-6-11(7-9-23)15-13-10-12(18(19,20)21)4-5-14(13)26-22-15/h4-5,10-11H,6-9H2,1-3H3. The number of aromatic nitrogens is 1. The van der Waals surface area contributed by atoms with Crippen LogP contribution >= 0.6 is 0 Å². The van der Waals surface area contributed by atoms with Crippen LogP contribution in [0.2, 0.25) is 0 Å². The fourth-order valence-corrected chi connectivity index (χ4v) is 3.09. The summed E-state index contributed by atoms with van der Waals surface area (Å²) in [5, 5.41) is 4.38. The lowest BCUT2D eigenvalue weighted by Crippen LogP contribution is -2.41. The summed E-state index contributed by atoms with van der Waals surface area (Å²) in [6.07, 6.45) is -3.60. The first kappa shape index (κ1) is 18.5. The number of carbonyl (C=O) groups is 1. The van der Waals surface area contributed by atoms with E-state index in [0.717, 1.165) is 12.1 Å². The number of likely N-dealkylation sites (tertiary alicyclic amines) is 1. The van der Waals surface area contributed by atoms with Crippen LogP contribution in [0.4, 0.5) is 18.0 Å². The van der Waals surface area contributed by atoms with E-state index in [0.29, 0.717) is 42.6 Å². The summed E-state index contributed by atoms with van der Waals surface area (Å²) >= 11 is 0. The Labute approximate surface area is 149 Å². The molecule has 0 aliphatic carbocycles. The van der Waals surface area contributed by atoms with E-state index in [1.165, 1.54) is 6.07 Å². The van der Waals surface area contributed by atoms with E-state index >= 15 is 0 Å². The van der Waals surface area contributed by atoms with Crippen molar-refractivity contribution in [1.82, 2.24) is 10.1 Å². The molecule has 0 unspecified atom stereocenters. The van der Waals surface area contributed by atoms with Gasteiger partial charge in [-0.1, -0.05) is 5.16 Å². The highest BCUT2D eigenvalue weighted by molar-refractivity contribution is 5.81. The number of hydrogen-bond donors (Lipinski definition) is 0. The average molecular weight is 370 g/mol. The molecule has 0 saturated carbocycles. The Hall–Kier alpha value is -2.25. The van der Waals surface area contributed by atoms with Crippen molar-refractivity contribution in [1.29, 1.82) is 0 Å². The smallest absolute Gasteiger partial charge is 0.416 e. The molecule has 1 aliphatic rings. The van der Waals surface area contributed by atoms with Crippen molar-refractivity contribution < 1.29 is 27.2 Å². The van der Waals surface area contributed by atoms with Crippen LogP contribution in [-0.2, 0) is 10.9 Å². The summed E-state index contributed by atoms with van der Waals surface area (Å²) in [6.45, 7) is 6.34. The number of hydrogen-bond acceptors (Lipinski definition) is 4. The van der Waals surface area contributed by atoms with Crippen LogP contribution in [0.1, 0.15) is 50.8 Å². The SMILES string of the molecule is CC(C)(C)OC(=O)N1CCC(c2noc3ccc(C(F)(F)F)cc23)CC1. The lowest BCUT2D eigenvalue weighted by molar-refractivity contribution is -0.137. The maximum atomic E-state index is 13.0. The quantitative estimate of drug-likeness (QED) is 0.712. The maximum absolute atomic E-state index is 13.0. The van der Waals surface area contributed by atoms with Gasteiger partial charge in [0.2, 0.25) is 0 Å². The first-order valence-electron chi connectivity index (χ1n) is 8.49. The molecule has 1 aromatic carbocycles. The number of alkyl halides is 3. The van der Waals surface area contributed by atoms with E-state index in [1.807, 2.05) is 0 Å². The molecule has 1 saturated heterocycles. The Kier molecular flexibility index (Phi) is 4.62. The number of piperidine rings is 1. The van der Waals surface area contributed by atoms with Gasteiger partial charge in [0.1, 0.15) is 5.60 Å². The highest BCUT2D eigenvalue weighted by Crippen LogP contribution is 2.36. The van der Waals surface area contributed by atoms with Gasteiger partial charge in [-0.05, 0) is 51.8 Å². The van der Waals surface area contributed by atoms with Crippen molar-refractivity contribution in [2.45, 2.75) is 51.3 Å². The van der Waals surface area contributed by atoms with Gasteiger partial charge in [-0.2, -0.15) is 13.2 Å². The second-order valence-corrected chi connectivity index (χ2v) is 7.52. The summed E-state index contributed by atoms with van der Waals surface area (Å²) in [5.41, 5.74) is -0.428. The van der Waals surface area contributed by atoms with E-state index in [4.69, 9.17) is 9.26 Å². The third-order valence-electron chi connectivity index (χ3n) is 4.36. The molecule has 2 heterocycles. The molecule has 0 bridgehead atoms. The molecule has 0 N–H and O–H groups in total. The van der Waals surface area contributed by atoms with Gasteiger partial charge in [-0.3, -0.25) is 0 Å². The second-order valence-electron chi connectivity index (χ2n) is 7.52. The number of ether oxygens (including phenoxy) is 1. The van der Waals surface area contributed by atoms with Gasteiger partial charge in [-0.15, -0.1) is 0 Å². The minimum Gasteiger partial charge on any atom is -0.444 e. The average Bonchev–Trinajstić information content (AvgIpc) is 2.95. The molecule has 1 aliphatic heterocycles. The first-order chi connectivity index (χ1) is 12.0. The van der Waals surface area contributed by atoms with Crippen molar-refractivity contribution in [2.24, 2.45) is 0 Å². The third kappa shape index (κ3) is 3.94. The van der Waals surface area contributed by atoms with Crippen LogP contribution < -0.4 is 0 Å².